The van der Waals surface area contributed by atoms with Crippen molar-refractivity contribution < 1.29 is 32.6 Å². The topological polar surface area (TPSA) is 103 Å². The largest absolute Gasteiger partial charge is 0.454 e. The van der Waals surface area contributed by atoms with E-state index < -0.39 is 17.5 Å². The summed E-state index contributed by atoms with van der Waals surface area (Å²) >= 11 is 0. The Bertz CT molecular complexity index is 1560. The highest BCUT2D eigenvalue weighted by atomic mass is 19.1. The molecule has 0 bridgehead atoms. The Hall–Kier alpha value is -4.71. The van der Waals surface area contributed by atoms with E-state index in [0.29, 0.717) is 86.2 Å². The van der Waals surface area contributed by atoms with Crippen LogP contribution in [0.1, 0.15) is 43.9 Å². The molecule has 0 aromatic heterocycles. The van der Waals surface area contributed by atoms with Gasteiger partial charge in [-0.25, -0.2) is 8.78 Å². The Kier molecular flexibility index (Phi) is 8.60. The lowest BCUT2D eigenvalue weighted by molar-refractivity contribution is 0.0758. The Labute approximate surface area is 253 Å². The first-order valence-corrected chi connectivity index (χ1v) is 14.7. The summed E-state index contributed by atoms with van der Waals surface area (Å²) in [6, 6.07) is 13.0. The lowest BCUT2D eigenvalue weighted by Gasteiger charge is -2.27. The zero-order valence-corrected chi connectivity index (χ0v) is 24.1. The van der Waals surface area contributed by atoms with Gasteiger partial charge in [-0.3, -0.25) is 14.4 Å². The first-order chi connectivity index (χ1) is 21.4. The molecule has 230 valence electrons. The fourth-order valence-corrected chi connectivity index (χ4v) is 5.73. The van der Waals surface area contributed by atoms with E-state index in [1.165, 1.54) is 0 Å². The van der Waals surface area contributed by atoms with Crippen molar-refractivity contribution in [3.05, 3.63) is 82.9 Å². The highest BCUT2D eigenvalue weighted by Crippen LogP contribution is 2.34. The number of fused-ring (bicyclic) bond motifs is 1. The first kappa shape index (κ1) is 29.4. The van der Waals surface area contributed by atoms with Crippen LogP contribution in [0, 0.1) is 11.6 Å². The molecule has 0 radical (unpaired) electrons. The van der Waals surface area contributed by atoms with Crippen LogP contribution in [0.15, 0.2) is 54.6 Å². The lowest BCUT2D eigenvalue weighted by Crippen LogP contribution is -2.36. The van der Waals surface area contributed by atoms with Crippen molar-refractivity contribution in [1.29, 1.82) is 0 Å². The zero-order chi connectivity index (χ0) is 30.6. The van der Waals surface area contributed by atoms with Gasteiger partial charge in [0.25, 0.3) is 17.7 Å². The van der Waals surface area contributed by atoms with E-state index in [1.54, 1.807) is 35.2 Å². The minimum atomic E-state index is -0.807. The molecule has 3 aliphatic rings. The monoisotopic (exact) mass is 605 g/mol. The molecule has 0 saturated carbocycles. The summed E-state index contributed by atoms with van der Waals surface area (Å²) in [5.74, 6) is -1.52. The quantitative estimate of drug-likeness (QED) is 0.457. The van der Waals surface area contributed by atoms with E-state index in [9.17, 15) is 23.2 Å². The summed E-state index contributed by atoms with van der Waals surface area (Å²) in [6.45, 7) is 4.53. The second-order valence-corrected chi connectivity index (χ2v) is 10.9. The Morgan fingerprint density at radius 1 is 0.682 bits per heavy atom. The standard InChI is InChI=1S/C32H33F2N5O5/c33-24-15-23(16-25(34)19-24)32(42)39-11-2-10-37(13-14-39)27-5-3-22(31(41)38-9-1-7-35-8-12-38)17-26(27)36-30(40)21-4-6-28-29(18-21)44-20-43-28/h3-6,15-19,35H,1-2,7-14,20H2,(H,36,40). The van der Waals surface area contributed by atoms with Crippen molar-refractivity contribution in [1.82, 2.24) is 15.1 Å². The molecule has 0 atom stereocenters. The highest BCUT2D eigenvalue weighted by molar-refractivity contribution is 6.07. The smallest absolute Gasteiger partial charge is 0.255 e. The van der Waals surface area contributed by atoms with Gasteiger partial charge in [0.05, 0.1) is 11.4 Å². The molecule has 0 unspecified atom stereocenters. The number of halogens is 2. The van der Waals surface area contributed by atoms with Crippen molar-refractivity contribution in [3.63, 3.8) is 0 Å². The van der Waals surface area contributed by atoms with Gasteiger partial charge in [-0.15, -0.1) is 0 Å². The van der Waals surface area contributed by atoms with Crippen LogP contribution in [-0.2, 0) is 0 Å². The number of rotatable bonds is 5. The summed E-state index contributed by atoms with van der Waals surface area (Å²) < 4.78 is 38.4. The second-order valence-electron chi connectivity index (χ2n) is 10.9. The third kappa shape index (κ3) is 6.45. The average Bonchev–Trinajstić information content (AvgIpc) is 3.18. The Balaban J connectivity index is 1.25. The summed E-state index contributed by atoms with van der Waals surface area (Å²) in [6.07, 6.45) is 1.43. The Morgan fingerprint density at radius 2 is 1.41 bits per heavy atom. The van der Waals surface area contributed by atoms with E-state index in [0.717, 1.165) is 31.2 Å². The molecule has 12 heteroatoms. The number of amides is 3. The Morgan fingerprint density at radius 3 is 2.25 bits per heavy atom. The van der Waals surface area contributed by atoms with Crippen molar-refractivity contribution in [3.8, 4) is 11.5 Å². The van der Waals surface area contributed by atoms with Gasteiger partial charge in [0.2, 0.25) is 6.79 Å². The molecular formula is C32H33F2N5O5. The van der Waals surface area contributed by atoms with Crippen molar-refractivity contribution in [2.24, 2.45) is 0 Å². The van der Waals surface area contributed by atoms with Gasteiger partial charge < -0.3 is 34.8 Å². The predicted octanol–water partition coefficient (Wildman–Crippen LogP) is 3.73. The molecule has 3 aromatic rings. The van der Waals surface area contributed by atoms with Crippen molar-refractivity contribution in [2.45, 2.75) is 12.8 Å². The van der Waals surface area contributed by atoms with Crippen LogP contribution in [0.5, 0.6) is 11.5 Å². The molecule has 44 heavy (non-hydrogen) atoms. The van der Waals surface area contributed by atoms with Crippen LogP contribution < -0.4 is 25.0 Å². The molecule has 10 nitrogen and oxygen atoms in total. The SMILES string of the molecule is O=C(Nc1cc(C(=O)N2CCCNCC2)ccc1N1CCCN(C(=O)c2cc(F)cc(F)c2)CC1)c1ccc2c(c1)OCO2. The first-order valence-electron chi connectivity index (χ1n) is 14.7. The molecule has 0 spiro atoms. The number of anilines is 2. The lowest BCUT2D eigenvalue weighted by atomic mass is 10.1. The van der Waals surface area contributed by atoms with Crippen LogP contribution in [0.4, 0.5) is 20.2 Å². The summed E-state index contributed by atoms with van der Waals surface area (Å²) in [5.41, 5.74) is 1.93. The van der Waals surface area contributed by atoms with Gasteiger partial charge in [-0.1, -0.05) is 0 Å². The van der Waals surface area contributed by atoms with Gasteiger partial charge in [0.15, 0.2) is 11.5 Å². The normalized spacial score (nSPS) is 16.7. The molecule has 3 aliphatic heterocycles. The second kappa shape index (κ2) is 12.9. The number of hydrogen-bond donors (Lipinski definition) is 2. The fraction of sp³-hybridized carbons (Fsp3) is 0.344. The number of hydrogen-bond acceptors (Lipinski definition) is 7. The number of nitrogens with zero attached hydrogens (tertiary/aromatic N) is 3. The van der Waals surface area contributed by atoms with Crippen molar-refractivity contribution >= 4 is 29.1 Å². The van der Waals surface area contributed by atoms with Gasteiger partial charge in [0.1, 0.15) is 11.6 Å². The van der Waals surface area contributed by atoms with Crippen LogP contribution in [0.2, 0.25) is 0 Å². The average molecular weight is 606 g/mol. The molecule has 6 rings (SSSR count). The molecule has 3 aromatic carbocycles. The molecular weight excluding hydrogens is 572 g/mol. The molecule has 2 N–H and O–H groups in total. The minimum Gasteiger partial charge on any atom is -0.454 e. The molecule has 0 aliphatic carbocycles. The fourth-order valence-electron chi connectivity index (χ4n) is 5.73. The third-order valence-corrected chi connectivity index (χ3v) is 7.99. The predicted molar refractivity (Wildman–Crippen MR) is 159 cm³/mol. The van der Waals surface area contributed by atoms with E-state index in [1.807, 2.05) is 15.9 Å². The van der Waals surface area contributed by atoms with Gasteiger partial charge in [-0.05, 0) is 67.9 Å². The number of ether oxygens (including phenoxy) is 2. The van der Waals surface area contributed by atoms with Crippen LogP contribution in [0.25, 0.3) is 0 Å². The summed E-state index contributed by atoms with van der Waals surface area (Å²) in [7, 11) is 0. The van der Waals surface area contributed by atoms with Gasteiger partial charge in [-0.2, -0.15) is 0 Å². The van der Waals surface area contributed by atoms with Crippen LogP contribution in [-0.4, -0.2) is 86.7 Å². The van der Waals surface area contributed by atoms with Gasteiger partial charge in [0, 0.05) is 68.6 Å². The van der Waals surface area contributed by atoms with E-state index in [4.69, 9.17) is 9.47 Å². The van der Waals surface area contributed by atoms with E-state index in [2.05, 4.69) is 10.6 Å². The van der Waals surface area contributed by atoms with Gasteiger partial charge >= 0.3 is 0 Å². The zero-order valence-electron chi connectivity index (χ0n) is 24.1. The number of carbonyl (C=O) groups excluding carboxylic acids is 3. The molecule has 3 heterocycles. The number of carbonyl (C=O) groups is 3. The highest BCUT2D eigenvalue weighted by Gasteiger charge is 2.25. The molecule has 2 fully saturated rings. The summed E-state index contributed by atoms with van der Waals surface area (Å²) in [4.78, 5) is 45.4. The molecule has 3 amide bonds. The van der Waals surface area contributed by atoms with E-state index in [-0.39, 0.29) is 24.2 Å². The van der Waals surface area contributed by atoms with Crippen LogP contribution >= 0.6 is 0 Å². The maximum Gasteiger partial charge on any atom is 0.255 e. The third-order valence-electron chi connectivity index (χ3n) is 7.99. The van der Waals surface area contributed by atoms with E-state index >= 15 is 0 Å². The summed E-state index contributed by atoms with van der Waals surface area (Å²) in [5, 5.41) is 6.30. The number of benzene rings is 3. The minimum absolute atomic E-state index is 0.0424. The maximum atomic E-state index is 13.8. The van der Waals surface area contributed by atoms with Crippen LogP contribution in [0.3, 0.4) is 0 Å². The number of nitrogens with one attached hydrogen (secondary N) is 2. The maximum absolute atomic E-state index is 13.8. The van der Waals surface area contributed by atoms with Crippen molar-refractivity contribution in [2.75, 3.05) is 69.4 Å². The molecule has 2 saturated heterocycles.